The van der Waals surface area contributed by atoms with Crippen LogP contribution in [0.3, 0.4) is 0 Å². The second-order valence-electron chi connectivity index (χ2n) is 8.23. The fourth-order valence-electron chi connectivity index (χ4n) is 4.37. The number of aldehydes is 1. The lowest BCUT2D eigenvalue weighted by molar-refractivity contribution is 0.0170. The van der Waals surface area contributed by atoms with Gasteiger partial charge in [-0.3, -0.25) is 4.79 Å². The van der Waals surface area contributed by atoms with Crippen molar-refractivity contribution in [1.82, 2.24) is 5.32 Å². The Morgan fingerprint density at radius 2 is 1.69 bits per heavy atom. The van der Waals surface area contributed by atoms with Gasteiger partial charge in [-0.1, -0.05) is 48.5 Å². The minimum absolute atomic E-state index is 0.0165. The normalized spacial score (nSPS) is 13.9. The predicted octanol–water partition coefficient (Wildman–Crippen LogP) is 3.54. The molecule has 2 unspecified atom stereocenters. The summed E-state index contributed by atoms with van der Waals surface area (Å²) < 4.78 is 10.7. The van der Waals surface area contributed by atoms with E-state index in [1.807, 2.05) is 48.5 Å². The number of ether oxygens (including phenoxy) is 2. The highest BCUT2D eigenvalue weighted by molar-refractivity contribution is 5.79. The van der Waals surface area contributed by atoms with Crippen LogP contribution in [0.25, 0.3) is 11.1 Å². The first-order chi connectivity index (χ1) is 16.9. The number of fused-ring (bicyclic) bond motifs is 3. The van der Waals surface area contributed by atoms with Gasteiger partial charge in [-0.05, 0) is 41.3 Å². The molecule has 0 fully saturated rings. The van der Waals surface area contributed by atoms with Crippen molar-refractivity contribution in [2.75, 3.05) is 19.8 Å². The molecule has 0 heterocycles. The third-order valence-corrected chi connectivity index (χ3v) is 6.05. The van der Waals surface area contributed by atoms with Crippen LogP contribution >= 0.6 is 0 Å². The number of carbonyl (C=O) groups excluding carboxylic acids is 2. The molecule has 0 saturated carbocycles. The lowest BCUT2D eigenvalue weighted by Gasteiger charge is -2.21. The molecule has 182 valence electrons. The van der Waals surface area contributed by atoms with Crippen LogP contribution in [-0.4, -0.2) is 53.6 Å². The maximum Gasteiger partial charge on any atom is 0.407 e. The van der Waals surface area contributed by atoms with E-state index in [0.717, 1.165) is 22.3 Å². The Hall–Kier alpha value is -3.88. The monoisotopic (exact) mass is 477 g/mol. The summed E-state index contributed by atoms with van der Waals surface area (Å²) in [5.41, 5.74) is 4.45. The van der Waals surface area contributed by atoms with Crippen molar-refractivity contribution in [3.05, 3.63) is 82.9 Å². The summed E-state index contributed by atoms with van der Waals surface area (Å²) in [6, 6.07) is 18.5. The SMILES string of the molecule is CCOc1cc(C=O)cc(C(O)C(O)CNC(=O)OCC2c3ccccc3-c3ccccc32)c1O. The number of hydrogen-bond acceptors (Lipinski definition) is 7. The third kappa shape index (κ3) is 4.99. The van der Waals surface area contributed by atoms with Gasteiger partial charge in [0, 0.05) is 23.6 Å². The zero-order valence-electron chi connectivity index (χ0n) is 19.2. The van der Waals surface area contributed by atoms with Gasteiger partial charge >= 0.3 is 6.09 Å². The number of phenols is 1. The van der Waals surface area contributed by atoms with Gasteiger partial charge in [-0.2, -0.15) is 0 Å². The first-order valence-corrected chi connectivity index (χ1v) is 11.3. The van der Waals surface area contributed by atoms with Crippen molar-refractivity contribution >= 4 is 12.4 Å². The van der Waals surface area contributed by atoms with Gasteiger partial charge < -0.3 is 30.1 Å². The molecule has 2 atom stereocenters. The zero-order valence-corrected chi connectivity index (χ0v) is 19.2. The molecule has 1 aliphatic rings. The molecule has 0 aliphatic heterocycles. The molecule has 8 nitrogen and oxygen atoms in total. The molecule has 0 spiro atoms. The third-order valence-electron chi connectivity index (χ3n) is 6.05. The summed E-state index contributed by atoms with van der Waals surface area (Å²) in [5, 5.41) is 33.8. The minimum Gasteiger partial charge on any atom is -0.504 e. The van der Waals surface area contributed by atoms with Crippen LogP contribution in [0.5, 0.6) is 11.5 Å². The molecule has 1 amide bonds. The number of alkyl carbamates (subject to hydrolysis) is 1. The van der Waals surface area contributed by atoms with Crippen molar-refractivity contribution in [1.29, 1.82) is 0 Å². The molecule has 0 saturated heterocycles. The number of hydrogen-bond donors (Lipinski definition) is 4. The quantitative estimate of drug-likeness (QED) is 0.347. The number of aromatic hydroxyl groups is 1. The second-order valence-corrected chi connectivity index (χ2v) is 8.23. The van der Waals surface area contributed by atoms with Crippen LogP contribution in [0.1, 0.15) is 46.0 Å². The summed E-state index contributed by atoms with van der Waals surface area (Å²) in [4.78, 5) is 23.6. The fourth-order valence-corrected chi connectivity index (χ4v) is 4.37. The van der Waals surface area contributed by atoms with Gasteiger partial charge in [0.1, 0.15) is 25.1 Å². The van der Waals surface area contributed by atoms with Crippen molar-refractivity contribution in [2.24, 2.45) is 0 Å². The van der Waals surface area contributed by atoms with Gasteiger partial charge in [0.05, 0.1) is 6.61 Å². The zero-order chi connectivity index (χ0) is 24.9. The van der Waals surface area contributed by atoms with Crippen LogP contribution in [0.4, 0.5) is 4.79 Å². The van der Waals surface area contributed by atoms with Crippen LogP contribution in [-0.2, 0) is 4.74 Å². The van der Waals surface area contributed by atoms with E-state index < -0.39 is 18.3 Å². The molecule has 0 radical (unpaired) electrons. The maximum atomic E-state index is 12.4. The Morgan fingerprint density at radius 1 is 1.06 bits per heavy atom. The standard InChI is InChI=1S/C27H27NO7/c1-2-34-24-12-16(14-29)11-21(26(24)32)25(31)23(30)13-28-27(33)35-15-22-19-9-5-3-7-17(19)18-8-4-6-10-20(18)22/h3-12,14,22-23,25,30-32H,2,13,15H2,1H3,(H,28,33). The summed E-state index contributed by atoms with van der Waals surface area (Å²) in [5.74, 6) is -0.475. The van der Waals surface area contributed by atoms with Crippen molar-refractivity contribution in [3.63, 3.8) is 0 Å². The van der Waals surface area contributed by atoms with Crippen molar-refractivity contribution in [3.8, 4) is 22.6 Å². The number of nitrogens with one attached hydrogen (secondary N) is 1. The van der Waals surface area contributed by atoms with Crippen LogP contribution in [0.2, 0.25) is 0 Å². The smallest absolute Gasteiger partial charge is 0.407 e. The van der Waals surface area contributed by atoms with E-state index in [1.165, 1.54) is 12.1 Å². The molecule has 0 aromatic heterocycles. The Kier molecular flexibility index (Phi) is 7.33. The van der Waals surface area contributed by atoms with E-state index in [4.69, 9.17) is 9.47 Å². The first kappa shape index (κ1) is 24.3. The maximum absolute atomic E-state index is 12.4. The molecule has 4 N–H and O–H groups in total. The number of aliphatic hydroxyl groups excluding tert-OH is 2. The van der Waals surface area contributed by atoms with Gasteiger partial charge in [-0.25, -0.2) is 4.79 Å². The molecular weight excluding hydrogens is 450 g/mol. The highest BCUT2D eigenvalue weighted by Crippen LogP contribution is 2.44. The van der Waals surface area contributed by atoms with Crippen LogP contribution < -0.4 is 10.1 Å². The van der Waals surface area contributed by atoms with Gasteiger partial charge in [0.15, 0.2) is 11.5 Å². The predicted molar refractivity (Wildman–Crippen MR) is 129 cm³/mol. The summed E-state index contributed by atoms with van der Waals surface area (Å²) in [6.45, 7) is 1.71. The number of benzene rings is 3. The highest BCUT2D eigenvalue weighted by Gasteiger charge is 2.29. The second kappa shape index (κ2) is 10.6. The van der Waals surface area contributed by atoms with E-state index in [0.29, 0.717) is 6.29 Å². The summed E-state index contributed by atoms with van der Waals surface area (Å²) in [7, 11) is 0. The van der Waals surface area contributed by atoms with E-state index in [-0.39, 0.29) is 48.3 Å². The lowest BCUT2D eigenvalue weighted by Crippen LogP contribution is -2.36. The van der Waals surface area contributed by atoms with Crippen molar-refractivity contribution < 1.29 is 34.4 Å². The molecule has 1 aliphatic carbocycles. The van der Waals surface area contributed by atoms with Gasteiger partial charge in [-0.15, -0.1) is 0 Å². The van der Waals surface area contributed by atoms with Gasteiger partial charge in [0.2, 0.25) is 0 Å². The Labute approximate surface area is 202 Å². The fraction of sp³-hybridized carbons (Fsp3) is 0.259. The molecule has 8 heteroatoms. The average Bonchev–Trinajstić information content (AvgIpc) is 3.20. The molecule has 0 bridgehead atoms. The highest BCUT2D eigenvalue weighted by atomic mass is 16.5. The molecule has 35 heavy (non-hydrogen) atoms. The summed E-state index contributed by atoms with van der Waals surface area (Å²) in [6.07, 6.45) is -3.26. The van der Waals surface area contributed by atoms with E-state index in [9.17, 15) is 24.9 Å². The molecule has 4 rings (SSSR count). The minimum atomic E-state index is -1.58. The average molecular weight is 478 g/mol. The largest absolute Gasteiger partial charge is 0.504 e. The van der Waals surface area contributed by atoms with E-state index >= 15 is 0 Å². The number of phenolic OH excluding ortho intramolecular Hbond substituents is 1. The molecular formula is C27H27NO7. The van der Waals surface area contributed by atoms with Crippen LogP contribution in [0, 0.1) is 0 Å². The van der Waals surface area contributed by atoms with Crippen molar-refractivity contribution in [2.45, 2.75) is 25.0 Å². The number of aliphatic hydroxyl groups is 2. The van der Waals surface area contributed by atoms with E-state index in [2.05, 4.69) is 5.32 Å². The topological polar surface area (TPSA) is 125 Å². The van der Waals surface area contributed by atoms with Crippen LogP contribution in [0.15, 0.2) is 60.7 Å². The number of amides is 1. The Morgan fingerprint density at radius 3 is 2.29 bits per heavy atom. The van der Waals surface area contributed by atoms with Gasteiger partial charge in [0.25, 0.3) is 0 Å². The number of rotatable bonds is 9. The lowest BCUT2D eigenvalue weighted by atomic mass is 9.98. The Bertz CT molecular complexity index is 1180. The van der Waals surface area contributed by atoms with E-state index in [1.54, 1.807) is 6.92 Å². The Balaban J connectivity index is 1.37. The number of carbonyl (C=O) groups is 2. The summed E-state index contributed by atoms with van der Waals surface area (Å²) >= 11 is 0. The first-order valence-electron chi connectivity index (χ1n) is 11.3. The molecule has 3 aromatic carbocycles. The molecule has 3 aromatic rings.